The lowest BCUT2D eigenvalue weighted by Crippen LogP contribution is -2.25. The van der Waals surface area contributed by atoms with Crippen LogP contribution in [0.15, 0.2) is 77.9 Å². The van der Waals surface area contributed by atoms with Gasteiger partial charge in [0.2, 0.25) is 0 Å². The normalized spacial score (nSPS) is 11.8. The summed E-state index contributed by atoms with van der Waals surface area (Å²) in [5, 5.41) is 14.4. The minimum Gasteiger partial charge on any atom is -0.423 e. The highest BCUT2D eigenvalue weighted by atomic mass is 35.5. The number of benzene rings is 3. The maximum atomic E-state index is 12.3. The monoisotopic (exact) mass is 442 g/mol. The number of carbonyl (C=O) groups is 2. The molecule has 152 valence electrons. The van der Waals surface area contributed by atoms with Crippen LogP contribution in [0, 0.1) is 0 Å². The van der Waals surface area contributed by atoms with Gasteiger partial charge >= 0.3 is 5.97 Å². The molecule has 0 saturated carbocycles. The molecule has 1 unspecified atom stereocenters. The number of halogens is 2. The molecular weight excluding hydrogens is 427 g/mol. The molecule has 0 bridgehead atoms. The Kier molecular flexibility index (Phi) is 7.19. The molecule has 6 nitrogen and oxygen atoms in total. The van der Waals surface area contributed by atoms with Crippen molar-refractivity contribution in [3.05, 3.63) is 99.5 Å². The molecule has 30 heavy (non-hydrogen) atoms. The van der Waals surface area contributed by atoms with Crippen molar-refractivity contribution < 1.29 is 19.4 Å². The van der Waals surface area contributed by atoms with Crippen LogP contribution in [-0.4, -0.2) is 23.2 Å². The Balaban J connectivity index is 1.62. The molecule has 0 aliphatic carbocycles. The molecule has 8 heteroatoms. The largest absolute Gasteiger partial charge is 0.423 e. The number of hydrogen-bond acceptors (Lipinski definition) is 5. The minimum atomic E-state index is -1.33. The Morgan fingerprint density at radius 1 is 1.00 bits per heavy atom. The van der Waals surface area contributed by atoms with Crippen LogP contribution in [0.5, 0.6) is 5.75 Å². The Morgan fingerprint density at radius 3 is 2.50 bits per heavy atom. The lowest BCUT2D eigenvalue weighted by Gasteiger charge is -2.08. The van der Waals surface area contributed by atoms with Crippen LogP contribution in [0.2, 0.25) is 10.0 Å². The third kappa shape index (κ3) is 5.67. The second-order valence-corrected chi connectivity index (χ2v) is 6.98. The average Bonchev–Trinajstić information content (AvgIpc) is 2.74. The third-order valence-electron chi connectivity index (χ3n) is 3.97. The van der Waals surface area contributed by atoms with Crippen molar-refractivity contribution >= 4 is 41.3 Å². The quantitative estimate of drug-likeness (QED) is 0.256. The van der Waals surface area contributed by atoms with Gasteiger partial charge in [-0.15, -0.1) is 0 Å². The molecule has 0 fully saturated rings. The van der Waals surface area contributed by atoms with E-state index in [2.05, 4.69) is 10.5 Å². The van der Waals surface area contributed by atoms with Gasteiger partial charge in [-0.3, -0.25) is 4.79 Å². The molecule has 0 saturated heterocycles. The minimum absolute atomic E-state index is 0.183. The van der Waals surface area contributed by atoms with Gasteiger partial charge in [0.25, 0.3) is 5.91 Å². The zero-order chi connectivity index (χ0) is 21.5. The van der Waals surface area contributed by atoms with Gasteiger partial charge in [-0.2, -0.15) is 5.10 Å². The van der Waals surface area contributed by atoms with Crippen LogP contribution in [0.1, 0.15) is 27.6 Å². The fourth-order valence-corrected chi connectivity index (χ4v) is 2.98. The lowest BCUT2D eigenvalue weighted by molar-refractivity contribution is -0.129. The number of carbonyl (C=O) groups excluding carboxylic acids is 2. The zero-order valence-corrected chi connectivity index (χ0v) is 17.0. The van der Waals surface area contributed by atoms with Crippen molar-refractivity contribution in [2.45, 2.75) is 6.10 Å². The van der Waals surface area contributed by atoms with Crippen LogP contribution in [0.25, 0.3) is 0 Å². The topological polar surface area (TPSA) is 88.0 Å². The molecule has 0 aliphatic heterocycles. The highest BCUT2D eigenvalue weighted by molar-refractivity contribution is 6.36. The van der Waals surface area contributed by atoms with E-state index >= 15 is 0 Å². The molecule has 0 spiro atoms. The summed E-state index contributed by atoms with van der Waals surface area (Å²) in [5.41, 5.74) is 3.48. The Morgan fingerprint density at radius 2 is 1.77 bits per heavy atom. The fraction of sp³-hybridized carbons (Fsp3) is 0.0455. The molecule has 3 aromatic carbocycles. The fourth-order valence-electron chi connectivity index (χ4n) is 2.49. The number of esters is 1. The van der Waals surface area contributed by atoms with Gasteiger partial charge in [-0.25, -0.2) is 10.2 Å². The van der Waals surface area contributed by atoms with Crippen molar-refractivity contribution in [1.82, 2.24) is 5.43 Å². The first-order valence-electron chi connectivity index (χ1n) is 8.77. The molecular formula is C22H16Cl2N2O4. The summed E-state index contributed by atoms with van der Waals surface area (Å²) in [7, 11) is 0. The number of rotatable bonds is 6. The van der Waals surface area contributed by atoms with E-state index < -0.39 is 18.0 Å². The van der Waals surface area contributed by atoms with Crippen LogP contribution in [-0.2, 0) is 4.79 Å². The van der Waals surface area contributed by atoms with E-state index in [1.54, 1.807) is 60.7 Å². The Bertz CT molecular complexity index is 1090. The predicted octanol–water partition coefficient (Wildman–Crippen LogP) is 4.40. The molecule has 3 rings (SSSR count). The molecule has 2 N–H and O–H groups in total. The van der Waals surface area contributed by atoms with Crippen molar-refractivity contribution in [2.75, 3.05) is 0 Å². The van der Waals surface area contributed by atoms with Gasteiger partial charge in [0.15, 0.2) is 6.10 Å². The number of nitrogens with zero attached hydrogens (tertiary/aromatic N) is 1. The standard InChI is InChI=1S/C22H16Cl2N2O4/c23-16-9-10-18(19(24)12-16)22(29)30-17-8-4-5-14(11-17)13-25-26-21(28)20(27)15-6-2-1-3-7-15/h1-13,20,27H,(H,26,28)/b25-13+. The summed E-state index contributed by atoms with van der Waals surface area (Å²) in [6.07, 6.45) is 0.0298. The third-order valence-corrected chi connectivity index (χ3v) is 4.52. The van der Waals surface area contributed by atoms with Crippen LogP contribution < -0.4 is 10.2 Å². The number of aliphatic hydroxyl groups excluding tert-OH is 1. The van der Waals surface area contributed by atoms with Crippen LogP contribution in [0.3, 0.4) is 0 Å². The van der Waals surface area contributed by atoms with E-state index in [0.29, 0.717) is 16.1 Å². The van der Waals surface area contributed by atoms with E-state index in [9.17, 15) is 14.7 Å². The molecule has 0 radical (unpaired) electrons. The highest BCUT2D eigenvalue weighted by Gasteiger charge is 2.16. The van der Waals surface area contributed by atoms with E-state index in [1.807, 2.05) is 0 Å². The van der Waals surface area contributed by atoms with E-state index in [0.717, 1.165) is 0 Å². The van der Waals surface area contributed by atoms with Crippen molar-refractivity contribution in [1.29, 1.82) is 0 Å². The second kappa shape index (κ2) is 10.0. The summed E-state index contributed by atoms with van der Waals surface area (Å²) in [6, 6.07) is 19.5. The van der Waals surface area contributed by atoms with E-state index in [1.165, 1.54) is 18.3 Å². The first kappa shape index (κ1) is 21.5. The van der Waals surface area contributed by atoms with Crippen LogP contribution in [0.4, 0.5) is 0 Å². The number of aliphatic hydroxyl groups is 1. The van der Waals surface area contributed by atoms with Gasteiger partial charge in [0, 0.05) is 5.02 Å². The molecule has 3 aromatic rings. The second-order valence-electron chi connectivity index (χ2n) is 6.13. The summed E-state index contributed by atoms with van der Waals surface area (Å²) >= 11 is 11.9. The van der Waals surface area contributed by atoms with Crippen molar-refractivity contribution in [2.24, 2.45) is 5.10 Å². The highest BCUT2D eigenvalue weighted by Crippen LogP contribution is 2.23. The van der Waals surface area contributed by atoms with Crippen molar-refractivity contribution in [3.8, 4) is 5.75 Å². The smallest absolute Gasteiger partial charge is 0.345 e. The average molecular weight is 443 g/mol. The first-order valence-corrected chi connectivity index (χ1v) is 9.53. The number of ether oxygens (including phenoxy) is 1. The molecule has 0 heterocycles. The Hall–Kier alpha value is -3.19. The first-order chi connectivity index (χ1) is 14.4. The zero-order valence-electron chi connectivity index (χ0n) is 15.5. The maximum absolute atomic E-state index is 12.3. The number of hydrogen-bond donors (Lipinski definition) is 2. The van der Waals surface area contributed by atoms with Crippen molar-refractivity contribution in [3.63, 3.8) is 0 Å². The van der Waals surface area contributed by atoms with Gasteiger partial charge < -0.3 is 9.84 Å². The van der Waals surface area contributed by atoms with E-state index in [4.69, 9.17) is 27.9 Å². The van der Waals surface area contributed by atoms with Gasteiger partial charge in [0.05, 0.1) is 16.8 Å². The summed E-state index contributed by atoms with van der Waals surface area (Å²) < 4.78 is 5.33. The predicted molar refractivity (Wildman–Crippen MR) is 115 cm³/mol. The number of amides is 1. The van der Waals surface area contributed by atoms with Crippen LogP contribution >= 0.6 is 23.2 Å². The molecule has 1 amide bonds. The maximum Gasteiger partial charge on any atom is 0.345 e. The van der Waals surface area contributed by atoms with Gasteiger partial charge in [0.1, 0.15) is 5.75 Å². The molecule has 0 aromatic heterocycles. The number of nitrogens with one attached hydrogen (secondary N) is 1. The summed E-state index contributed by atoms with van der Waals surface area (Å²) in [5.74, 6) is -1.03. The Labute approximate surface area is 182 Å². The molecule has 0 aliphatic rings. The van der Waals surface area contributed by atoms with Gasteiger partial charge in [-0.05, 0) is 41.5 Å². The number of hydrazone groups is 1. The lowest BCUT2D eigenvalue weighted by atomic mass is 10.1. The van der Waals surface area contributed by atoms with E-state index in [-0.39, 0.29) is 16.3 Å². The summed E-state index contributed by atoms with van der Waals surface area (Å²) in [4.78, 5) is 24.3. The van der Waals surface area contributed by atoms with Gasteiger partial charge in [-0.1, -0.05) is 65.7 Å². The summed E-state index contributed by atoms with van der Waals surface area (Å²) in [6.45, 7) is 0. The SMILES string of the molecule is O=C(Oc1cccc(/C=N/NC(=O)C(O)c2ccccc2)c1)c1ccc(Cl)cc1Cl. The molecule has 1 atom stereocenters.